The molecule has 0 amide bonds. The van der Waals surface area contributed by atoms with Gasteiger partial charge in [-0.15, -0.1) is 0 Å². The summed E-state index contributed by atoms with van der Waals surface area (Å²) in [4.78, 5) is 4.30. The molecule has 2 aromatic rings. The Morgan fingerprint density at radius 1 is 1.40 bits per heavy atom. The molecule has 0 saturated carbocycles. The van der Waals surface area contributed by atoms with Crippen LogP contribution in [-0.4, -0.2) is 37.7 Å². The van der Waals surface area contributed by atoms with E-state index in [1.54, 1.807) is 11.8 Å². The first-order valence-electron chi connectivity index (χ1n) is 6.91. The van der Waals surface area contributed by atoms with Crippen molar-refractivity contribution in [2.75, 3.05) is 12.3 Å². The highest BCUT2D eigenvalue weighted by atomic mass is 32.2. The summed E-state index contributed by atoms with van der Waals surface area (Å²) in [6.07, 6.45) is 3.81. The molecule has 0 spiro atoms. The highest BCUT2D eigenvalue weighted by molar-refractivity contribution is 7.99. The molecule has 5 nitrogen and oxygen atoms in total. The summed E-state index contributed by atoms with van der Waals surface area (Å²) in [5.74, 6) is 1.02. The van der Waals surface area contributed by atoms with E-state index in [1.807, 2.05) is 30.9 Å². The van der Waals surface area contributed by atoms with Crippen molar-refractivity contribution in [1.29, 1.82) is 0 Å². The van der Waals surface area contributed by atoms with Gasteiger partial charge in [-0.05, 0) is 26.8 Å². The molecule has 0 radical (unpaired) electrons. The van der Waals surface area contributed by atoms with Gasteiger partial charge in [0.25, 0.3) is 0 Å². The Kier molecular flexibility index (Phi) is 5.25. The fourth-order valence-electron chi connectivity index (χ4n) is 2.12. The summed E-state index contributed by atoms with van der Waals surface area (Å²) in [7, 11) is 2.02. The van der Waals surface area contributed by atoms with Crippen LogP contribution in [0.3, 0.4) is 0 Å². The highest BCUT2D eigenvalue weighted by Gasteiger charge is 2.06. The van der Waals surface area contributed by atoms with Crippen LogP contribution in [0, 0.1) is 13.8 Å². The summed E-state index contributed by atoms with van der Waals surface area (Å²) in [5.41, 5.74) is 2.30. The zero-order chi connectivity index (χ0) is 14.5. The molecule has 110 valence electrons. The summed E-state index contributed by atoms with van der Waals surface area (Å²) < 4.78 is 4.11. The van der Waals surface area contributed by atoms with E-state index < -0.39 is 0 Å². The molecule has 0 bridgehead atoms. The van der Waals surface area contributed by atoms with Gasteiger partial charge in [-0.3, -0.25) is 4.68 Å². The minimum Gasteiger partial charge on any atom is -0.329 e. The first kappa shape index (κ1) is 15.1. The van der Waals surface area contributed by atoms with Crippen LogP contribution in [0.5, 0.6) is 0 Å². The summed E-state index contributed by atoms with van der Waals surface area (Å²) >= 11 is 1.78. The number of rotatable bonds is 7. The Labute approximate surface area is 124 Å². The van der Waals surface area contributed by atoms with Gasteiger partial charge in [0.1, 0.15) is 0 Å². The fourth-order valence-corrected chi connectivity index (χ4v) is 2.92. The topological polar surface area (TPSA) is 47.7 Å². The highest BCUT2D eigenvalue weighted by Crippen LogP contribution is 2.13. The molecular weight excluding hydrogens is 270 g/mol. The lowest BCUT2D eigenvalue weighted by molar-refractivity contribution is 0.455. The van der Waals surface area contributed by atoms with Gasteiger partial charge in [0.15, 0.2) is 5.16 Å². The lowest BCUT2D eigenvalue weighted by Gasteiger charge is -2.14. The van der Waals surface area contributed by atoms with Crippen molar-refractivity contribution < 1.29 is 0 Å². The zero-order valence-electron chi connectivity index (χ0n) is 12.6. The minimum atomic E-state index is 0.412. The number of nitrogens with one attached hydrogen (secondary N) is 1. The third-order valence-electron chi connectivity index (χ3n) is 3.15. The number of nitrogens with zero attached hydrogens (tertiary/aromatic N) is 4. The summed E-state index contributed by atoms with van der Waals surface area (Å²) in [6, 6.07) is 2.53. The van der Waals surface area contributed by atoms with E-state index >= 15 is 0 Å². The van der Waals surface area contributed by atoms with Gasteiger partial charge < -0.3 is 9.88 Å². The number of aromatic nitrogens is 4. The molecule has 0 aliphatic carbocycles. The van der Waals surface area contributed by atoms with E-state index in [2.05, 4.69) is 40.0 Å². The van der Waals surface area contributed by atoms with Crippen molar-refractivity contribution in [3.05, 3.63) is 29.8 Å². The van der Waals surface area contributed by atoms with Crippen LogP contribution in [0.1, 0.15) is 18.3 Å². The summed E-state index contributed by atoms with van der Waals surface area (Å²) in [5, 5.41) is 9.09. The van der Waals surface area contributed by atoms with E-state index in [1.165, 1.54) is 5.69 Å². The van der Waals surface area contributed by atoms with Crippen molar-refractivity contribution >= 4 is 11.8 Å². The zero-order valence-corrected chi connectivity index (χ0v) is 13.4. The Bertz CT molecular complexity index is 546. The second kappa shape index (κ2) is 6.95. The van der Waals surface area contributed by atoms with Crippen LogP contribution in [0.25, 0.3) is 0 Å². The van der Waals surface area contributed by atoms with Gasteiger partial charge in [-0.25, -0.2) is 4.98 Å². The van der Waals surface area contributed by atoms with Crippen LogP contribution in [0.15, 0.2) is 23.6 Å². The monoisotopic (exact) mass is 293 g/mol. The van der Waals surface area contributed by atoms with Gasteiger partial charge in [-0.2, -0.15) is 5.10 Å². The Balaban J connectivity index is 1.69. The predicted octanol–water partition coefficient (Wildman–Crippen LogP) is 2.00. The van der Waals surface area contributed by atoms with Crippen molar-refractivity contribution in [2.24, 2.45) is 7.05 Å². The largest absolute Gasteiger partial charge is 0.329 e. The SMILES string of the molecule is Cc1cc(C)n(CC(C)NCCSc2nccn2C)n1. The van der Waals surface area contributed by atoms with Gasteiger partial charge in [-0.1, -0.05) is 11.8 Å². The minimum absolute atomic E-state index is 0.412. The van der Waals surface area contributed by atoms with Crippen LogP contribution in [-0.2, 0) is 13.6 Å². The Morgan fingerprint density at radius 3 is 2.80 bits per heavy atom. The quantitative estimate of drug-likeness (QED) is 0.626. The molecule has 1 N–H and O–H groups in total. The molecule has 0 fully saturated rings. The maximum Gasteiger partial charge on any atom is 0.167 e. The molecule has 2 aromatic heterocycles. The smallest absolute Gasteiger partial charge is 0.167 e. The molecule has 0 aliphatic rings. The third-order valence-corrected chi connectivity index (χ3v) is 4.21. The number of thioether (sulfide) groups is 1. The van der Waals surface area contributed by atoms with E-state index in [0.717, 1.165) is 29.7 Å². The Morgan fingerprint density at radius 2 is 2.20 bits per heavy atom. The molecule has 6 heteroatoms. The summed E-state index contributed by atoms with van der Waals surface area (Å²) in [6.45, 7) is 8.21. The fraction of sp³-hybridized carbons (Fsp3) is 0.571. The molecule has 0 aromatic carbocycles. The van der Waals surface area contributed by atoms with E-state index in [9.17, 15) is 0 Å². The van der Waals surface area contributed by atoms with Gasteiger partial charge in [0, 0.05) is 43.5 Å². The molecule has 1 atom stereocenters. The number of aryl methyl sites for hydroxylation is 3. The van der Waals surface area contributed by atoms with Gasteiger partial charge >= 0.3 is 0 Å². The first-order valence-corrected chi connectivity index (χ1v) is 7.89. The van der Waals surface area contributed by atoms with Crippen LogP contribution >= 0.6 is 11.8 Å². The van der Waals surface area contributed by atoms with E-state index in [4.69, 9.17) is 0 Å². The number of imidazole rings is 1. The molecule has 20 heavy (non-hydrogen) atoms. The molecular formula is C14H23N5S. The van der Waals surface area contributed by atoms with Crippen molar-refractivity contribution in [3.63, 3.8) is 0 Å². The molecule has 0 saturated heterocycles. The molecule has 2 rings (SSSR count). The number of hydrogen-bond donors (Lipinski definition) is 1. The predicted molar refractivity (Wildman–Crippen MR) is 83.1 cm³/mol. The average molecular weight is 293 g/mol. The van der Waals surface area contributed by atoms with Crippen LogP contribution in [0.2, 0.25) is 0 Å². The first-order chi connectivity index (χ1) is 9.56. The van der Waals surface area contributed by atoms with Gasteiger partial charge in [0.05, 0.1) is 12.2 Å². The Hall–Kier alpha value is -1.27. The maximum absolute atomic E-state index is 4.49. The van der Waals surface area contributed by atoms with Crippen molar-refractivity contribution in [1.82, 2.24) is 24.6 Å². The molecule has 2 heterocycles. The molecule has 0 aliphatic heterocycles. The maximum atomic E-state index is 4.49. The average Bonchev–Trinajstić information content (AvgIpc) is 2.92. The standard InChI is InChI=1S/C14H23N5S/c1-11-9-13(3)19(17-11)10-12(2)15-6-8-20-14-16-5-7-18(14)4/h5,7,9,12,15H,6,8,10H2,1-4H3. The van der Waals surface area contributed by atoms with Crippen LogP contribution < -0.4 is 5.32 Å². The lowest BCUT2D eigenvalue weighted by atomic mass is 10.3. The van der Waals surface area contributed by atoms with Crippen LogP contribution in [0.4, 0.5) is 0 Å². The lowest BCUT2D eigenvalue weighted by Crippen LogP contribution is -2.32. The normalized spacial score (nSPS) is 12.8. The van der Waals surface area contributed by atoms with E-state index in [0.29, 0.717) is 6.04 Å². The number of hydrogen-bond acceptors (Lipinski definition) is 4. The van der Waals surface area contributed by atoms with E-state index in [-0.39, 0.29) is 0 Å². The molecule has 1 unspecified atom stereocenters. The second-order valence-electron chi connectivity index (χ2n) is 5.13. The van der Waals surface area contributed by atoms with Gasteiger partial charge in [0.2, 0.25) is 0 Å². The third kappa shape index (κ3) is 4.11. The van der Waals surface area contributed by atoms with Crippen molar-refractivity contribution in [3.8, 4) is 0 Å². The second-order valence-corrected chi connectivity index (χ2v) is 6.20. The van der Waals surface area contributed by atoms with Crippen molar-refractivity contribution in [2.45, 2.75) is 38.5 Å².